The minimum absolute atomic E-state index is 0. The zero-order chi connectivity index (χ0) is 24.4. The Kier molecular flexibility index (Phi) is 7.67. The van der Waals surface area contributed by atoms with Gasteiger partial charge >= 0.3 is 0 Å². The molecule has 0 spiro atoms. The Balaban J connectivity index is 0.00000304. The molecule has 0 bridgehead atoms. The Labute approximate surface area is 216 Å². The van der Waals surface area contributed by atoms with E-state index in [1.165, 1.54) is 0 Å². The number of halogens is 1. The van der Waals surface area contributed by atoms with E-state index in [9.17, 15) is 0 Å². The maximum Gasteiger partial charge on any atom is 0.161 e. The number of likely N-dealkylation sites (N-methyl/N-ethyl adjacent to an activating group) is 1. The van der Waals surface area contributed by atoms with E-state index in [2.05, 4.69) is 26.1 Å². The molecule has 4 aromatic rings. The second-order valence-corrected chi connectivity index (χ2v) is 8.52. The third-order valence-electron chi connectivity index (χ3n) is 5.96. The second kappa shape index (κ2) is 10.9. The first kappa shape index (κ1) is 25.3. The molecule has 0 atom stereocenters. The van der Waals surface area contributed by atoms with Crippen molar-refractivity contribution in [1.29, 1.82) is 0 Å². The van der Waals surface area contributed by atoms with Gasteiger partial charge in [-0.05, 0) is 56.6 Å². The largest absolute Gasteiger partial charge is 0.493 e. The number of nitrogens with one attached hydrogen (secondary N) is 1. The number of methoxy groups -OCH3 is 2. The average molecular weight is 509 g/mol. The van der Waals surface area contributed by atoms with Gasteiger partial charge in [-0.2, -0.15) is 0 Å². The zero-order valence-corrected chi connectivity index (χ0v) is 21.5. The van der Waals surface area contributed by atoms with E-state index in [1.807, 2.05) is 56.6 Å². The number of ether oxygens (including phenoxy) is 3. The Bertz CT molecular complexity index is 1390. The van der Waals surface area contributed by atoms with Crippen LogP contribution in [-0.2, 0) is 11.4 Å². The van der Waals surface area contributed by atoms with Crippen molar-refractivity contribution >= 4 is 29.0 Å². The van der Waals surface area contributed by atoms with Gasteiger partial charge in [-0.1, -0.05) is 11.2 Å². The summed E-state index contributed by atoms with van der Waals surface area (Å²) in [5.74, 6) is 2.09. The first-order valence-electron chi connectivity index (χ1n) is 11.4. The number of aromatic amines is 1. The van der Waals surface area contributed by atoms with Gasteiger partial charge in [0.25, 0.3) is 0 Å². The number of hydrogen-bond donors (Lipinski definition) is 1. The van der Waals surface area contributed by atoms with Crippen LogP contribution in [0.1, 0.15) is 16.8 Å². The summed E-state index contributed by atoms with van der Waals surface area (Å²) in [5.41, 5.74) is 6.33. The maximum absolute atomic E-state index is 6.00. The van der Waals surface area contributed by atoms with E-state index in [4.69, 9.17) is 19.0 Å². The Morgan fingerprint density at radius 2 is 1.75 bits per heavy atom. The molecular weight excluding hydrogens is 480 g/mol. The van der Waals surface area contributed by atoms with E-state index < -0.39 is 0 Å². The lowest BCUT2D eigenvalue weighted by atomic mass is 10.1. The summed E-state index contributed by atoms with van der Waals surface area (Å²) in [6.07, 6.45) is 1.74. The van der Waals surface area contributed by atoms with Crippen molar-refractivity contribution in [3.63, 3.8) is 0 Å². The second-order valence-electron chi connectivity index (χ2n) is 8.52. The summed E-state index contributed by atoms with van der Waals surface area (Å²) in [5, 5.41) is 5.59. The molecule has 0 unspecified atom stereocenters. The number of rotatable bonds is 9. The minimum Gasteiger partial charge on any atom is -0.493 e. The van der Waals surface area contributed by atoms with Crippen LogP contribution in [0.2, 0.25) is 0 Å². The number of aromatic nitrogens is 2. The molecule has 0 saturated carbocycles. The molecule has 0 saturated heterocycles. The predicted molar refractivity (Wildman–Crippen MR) is 143 cm³/mol. The number of nitrogens with zero attached hydrogens (tertiary/aromatic N) is 3. The number of fused-ring (bicyclic) bond motifs is 5. The average Bonchev–Trinajstić information content (AvgIpc) is 3.38. The van der Waals surface area contributed by atoms with Crippen LogP contribution in [0.5, 0.6) is 17.2 Å². The number of H-pyrrole nitrogens is 1. The van der Waals surface area contributed by atoms with Crippen LogP contribution < -0.4 is 14.2 Å². The Morgan fingerprint density at radius 3 is 2.44 bits per heavy atom. The van der Waals surface area contributed by atoms with Crippen molar-refractivity contribution in [2.75, 3.05) is 41.5 Å². The van der Waals surface area contributed by atoms with Crippen molar-refractivity contribution in [3.05, 3.63) is 71.5 Å². The topological polar surface area (TPSA) is 81.2 Å². The van der Waals surface area contributed by atoms with Crippen LogP contribution in [0.15, 0.2) is 59.9 Å². The van der Waals surface area contributed by atoms with Crippen LogP contribution in [0.4, 0.5) is 0 Å². The zero-order valence-electron chi connectivity index (χ0n) is 20.7. The molecular formula is C27H29ClN4O4. The first-order valence-corrected chi connectivity index (χ1v) is 11.4. The van der Waals surface area contributed by atoms with Crippen LogP contribution >= 0.6 is 12.4 Å². The standard InChI is InChI=1S/C27H28N4O4.ClH/c1-31(2)11-12-34-18-8-9-22-21(13-18)25-26(29-22)19-14-23(32-3)24(33-4)15-20(19)27(25)30-35-16-17-7-5-6-10-28-17;/h5-10,13-15,29H,11-12,16H2,1-4H3;1H. The summed E-state index contributed by atoms with van der Waals surface area (Å²) < 4.78 is 17.1. The molecule has 0 fully saturated rings. The van der Waals surface area contributed by atoms with Gasteiger partial charge in [-0.3, -0.25) is 4.98 Å². The van der Waals surface area contributed by atoms with Crippen LogP contribution in [0.3, 0.4) is 0 Å². The third kappa shape index (κ3) is 4.82. The fraction of sp³-hybridized carbons (Fsp3) is 0.259. The monoisotopic (exact) mass is 508 g/mol. The highest BCUT2D eigenvalue weighted by molar-refractivity contribution is 6.30. The third-order valence-corrected chi connectivity index (χ3v) is 5.96. The molecule has 188 valence electrons. The highest BCUT2D eigenvalue weighted by Crippen LogP contribution is 2.46. The molecule has 2 aromatic carbocycles. The van der Waals surface area contributed by atoms with Gasteiger partial charge in [0.1, 0.15) is 18.1 Å². The van der Waals surface area contributed by atoms with Crippen LogP contribution in [0, 0.1) is 0 Å². The molecule has 36 heavy (non-hydrogen) atoms. The molecule has 0 amide bonds. The van der Waals surface area contributed by atoms with Gasteiger partial charge in [0.2, 0.25) is 0 Å². The van der Waals surface area contributed by atoms with Crippen molar-refractivity contribution in [2.24, 2.45) is 5.16 Å². The summed E-state index contributed by atoms with van der Waals surface area (Å²) in [6.45, 7) is 1.71. The highest BCUT2D eigenvalue weighted by atomic mass is 35.5. The summed E-state index contributed by atoms with van der Waals surface area (Å²) in [4.78, 5) is 15.7. The number of pyridine rings is 1. The van der Waals surface area contributed by atoms with Gasteiger partial charge in [-0.15, -0.1) is 12.4 Å². The van der Waals surface area contributed by atoms with Gasteiger partial charge < -0.3 is 28.9 Å². The van der Waals surface area contributed by atoms with Gasteiger partial charge in [0, 0.05) is 40.3 Å². The highest BCUT2D eigenvalue weighted by Gasteiger charge is 2.32. The van der Waals surface area contributed by atoms with Crippen molar-refractivity contribution < 1.29 is 19.0 Å². The molecule has 0 aliphatic heterocycles. The van der Waals surface area contributed by atoms with Gasteiger partial charge in [0.05, 0.1) is 25.6 Å². The molecule has 9 heteroatoms. The van der Waals surface area contributed by atoms with E-state index in [-0.39, 0.29) is 19.0 Å². The minimum atomic E-state index is 0. The lowest BCUT2D eigenvalue weighted by molar-refractivity contribution is 0.128. The maximum atomic E-state index is 6.00. The van der Waals surface area contributed by atoms with Crippen molar-refractivity contribution in [1.82, 2.24) is 14.9 Å². The van der Waals surface area contributed by atoms with E-state index in [1.54, 1.807) is 20.4 Å². The molecule has 1 aliphatic carbocycles. The van der Waals surface area contributed by atoms with E-state index in [0.717, 1.165) is 57.0 Å². The van der Waals surface area contributed by atoms with Crippen LogP contribution in [0.25, 0.3) is 22.2 Å². The first-order chi connectivity index (χ1) is 17.1. The quantitative estimate of drug-likeness (QED) is 0.285. The summed E-state index contributed by atoms with van der Waals surface area (Å²) >= 11 is 0. The normalized spacial score (nSPS) is 12.9. The summed E-state index contributed by atoms with van der Waals surface area (Å²) in [7, 11) is 7.31. The molecule has 5 rings (SSSR count). The molecule has 1 aliphatic rings. The fourth-order valence-electron chi connectivity index (χ4n) is 4.21. The van der Waals surface area contributed by atoms with E-state index in [0.29, 0.717) is 18.1 Å². The molecule has 0 radical (unpaired) electrons. The van der Waals surface area contributed by atoms with Crippen molar-refractivity contribution in [2.45, 2.75) is 6.61 Å². The van der Waals surface area contributed by atoms with E-state index >= 15 is 0 Å². The van der Waals surface area contributed by atoms with Crippen LogP contribution in [-0.4, -0.2) is 62.0 Å². The molecule has 1 N–H and O–H groups in total. The lowest BCUT2D eigenvalue weighted by Gasteiger charge is -2.12. The lowest BCUT2D eigenvalue weighted by Crippen LogP contribution is -2.19. The smallest absolute Gasteiger partial charge is 0.161 e. The fourth-order valence-corrected chi connectivity index (χ4v) is 4.21. The Hall–Kier alpha value is -3.75. The SMILES string of the molecule is COc1cc2c(cc1OC)-c1[nH]c3ccc(OCCN(C)C)cc3c1C2=NOCc1ccccn1.Cl. The number of oxime groups is 1. The predicted octanol–water partition coefficient (Wildman–Crippen LogP) is 4.89. The van der Waals surface area contributed by atoms with Gasteiger partial charge in [0.15, 0.2) is 18.1 Å². The molecule has 8 nitrogen and oxygen atoms in total. The number of benzene rings is 2. The van der Waals surface area contributed by atoms with Crippen molar-refractivity contribution in [3.8, 4) is 28.5 Å². The van der Waals surface area contributed by atoms with Gasteiger partial charge in [-0.25, -0.2) is 0 Å². The molecule has 2 aromatic heterocycles. The Morgan fingerprint density at radius 1 is 0.972 bits per heavy atom. The number of hydrogen-bond acceptors (Lipinski definition) is 7. The molecule has 2 heterocycles. The summed E-state index contributed by atoms with van der Waals surface area (Å²) in [6, 6.07) is 15.7.